The van der Waals surface area contributed by atoms with Crippen LogP contribution in [0.3, 0.4) is 0 Å². The maximum absolute atomic E-state index is 14.6. The minimum Gasteiger partial charge on any atom is -0.497 e. The van der Waals surface area contributed by atoms with Crippen LogP contribution in [0.15, 0.2) is 84.9 Å². The van der Waals surface area contributed by atoms with Crippen LogP contribution in [0.25, 0.3) is 11.3 Å². The lowest BCUT2D eigenvalue weighted by Gasteiger charge is -2.32. The number of rotatable bonds is 9. The van der Waals surface area contributed by atoms with Gasteiger partial charge in [0.2, 0.25) is 5.91 Å². The van der Waals surface area contributed by atoms with Gasteiger partial charge in [0.05, 0.1) is 31.5 Å². The molecule has 1 fully saturated rings. The van der Waals surface area contributed by atoms with Crippen LogP contribution in [0.4, 0.5) is 10.2 Å². The van der Waals surface area contributed by atoms with Crippen LogP contribution >= 0.6 is 0 Å². The Morgan fingerprint density at radius 3 is 2.36 bits per heavy atom. The standard InChI is InChI=1S/C34H36FN5O4/c1-24(25-10-5-4-6-11-25)40(34(42)27-12-7-8-13-29(27)35)23-33(41)39-19-9-18-38(20-21-39)32-17-16-30(36-37-32)28-15-14-26(43-2)22-31(28)44-3/h4-8,10-17,22,24H,9,18-21,23H2,1-3H3/t24-/m0/s1. The molecule has 1 aliphatic heterocycles. The number of benzene rings is 3. The second-order valence-corrected chi connectivity index (χ2v) is 10.6. The van der Waals surface area contributed by atoms with Gasteiger partial charge in [-0.3, -0.25) is 9.59 Å². The van der Waals surface area contributed by atoms with Crippen molar-refractivity contribution in [2.75, 3.05) is 51.8 Å². The summed E-state index contributed by atoms with van der Waals surface area (Å²) in [5.74, 6) is 0.718. The highest BCUT2D eigenvalue weighted by Gasteiger charge is 2.29. The van der Waals surface area contributed by atoms with Crippen molar-refractivity contribution in [2.24, 2.45) is 0 Å². The summed E-state index contributed by atoms with van der Waals surface area (Å²) in [6, 6.07) is 24.2. The Labute approximate surface area is 256 Å². The maximum atomic E-state index is 14.6. The van der Waals surface area contributed by atoms with Gasteiger partial charge in [0.25, 0.3) is 5.91 Å². The zero-order chi connectivity index (χ0) is 31.1. The largest absolute Gasteiger partial charge is 0.497 e. The maximum Gasteiger partial charge on any atom is 0.257 e. The number of halogens is 1. The summed E-state index contributed by atoms with van der Waals surface area (Å²) in [7, 11) is 3.20. The average molecular weight is 598 g/mol. The Morgan fingerprint density at radius 1 is 0.886 bits per heavy atom. The first-order valence-electron chi connectivity index (χ1n) is 14.6. The van der Waals surface area contributed by atoms with Gasteiger partial charge in [-0.1, -0.05) is 42.5 Å². The number of carbonyl (C=O) groups excluding carboxylic acids is 2. The smallest absolute Gasteiger partial charge is 0.257 e. The first kappa shape index (κ1) is 30.5. The lowest BCUT2D eigenvalue weighted by molar-refractivity contribution is -0.132. The molecule has 1 atom stereocenters. The van der Waals surface area contributed by atoms with Gasteiger partial charge >= 0.3 is 0 Å². The molecule has 9 nitrogen and oxygen atoms in total. The Balaban J connectivity index is 1.28. The van der Waals surface area contributed by atoms with E-state index in [1.165, 1.54) is 17.0 Å². The molecule has 1 aliphatic rings. The highest BCUT2D eigenvalue weighted by Crippen LogP contribution is 2.32. The molecule has 10 heteroatoms. The van der Waals surface area contributed by atoms with Gasteiger partial charge in [-0.05, 0) is 55.3 Å². The lowest BCUT2D eigenvalue weighted by atomic mass is 10.0. The molecule has 5 rings (SSSR count). The van der Waals surface area contributed by atoms with Crippen molar-refractivity contribution in [1.82, 2.24) is 20.0 Å². The fourth-order valence-corrected chi connectivity index (χ4v) is 5.37. The number of nitrogens with zero attached hydrogens (tertiary/aromatic N) is 5. The van der Waals surface area contributed by atoms with E-state index in [0.29, 0.717) is 49.2 Å². The Hall–Kier alpha value is -4.99. The quantitative estimate of drug-likeness (QED) is 0.261. The Kier molecular flexibility index (Phi) is 9.69. The molecule has 3 aromatic carbocycles. The van der Waals surface area contributed by atoms with Crippen LogP contribution in [0, 0.1) is 5.82 Å². The number of hydrogen-bond acceptors (Lipinski definition) is 7. The highest BCUT2D eigenvalue weighted by molar-refractivity contribution is 5.97. The molecule has 1 saturated heterocycles. The molecule has 0 spiro atoms. The number of amides is 2. The molecule has 0 N–H and O–H groups in total. The van der Waals surface area contributed by atoms with E-state index in [9.17, 15) is 14.0 Å². The van der Waals surface area contributed by atoms with Gasteiger partial charge in [-0.15, -0.1) is 10.2 Å². The molecule has 2 heterocycles. The minimum absolute atomic E-state index is 0.0561. The SMILES string of the molecule is COc1ccc(-c2ccc(N3CCCN(C(=O)CN(C(=O)c4ccccc4F)[C@@H](C)c4ccccc4)CC3)nn2)c(OC)c1. The predicted molar refractivity (Wildman–Crippen MR) is 166 cm³/mol. The van der Waals surface area contributed by atoms with Gasteiger partial charge in [-0.25, -0.2) is 4.39 Å². The summed E-state index contributed by atoms with van der Waals surface area (Å²) in [5.41, 5.74) is 2.28. The van der Waals surface area contributed by atoms with E-state index in [4.69, 9.17) is 9.47 Å². The summed E-state index contributed by atoms with van der Waals surface area (Å²) in [4.78, 5) is 32.5. The normalized spacial score (nSPS) is 14.0. The summed E-state index contributed by atoms with van der Waals surface area (Å²) < 4.78 is 25.4. The summed E-state index contributed by atoms with van der Waals surface area (Å²) >= 11 is 0. The van der Waals surface area contributed by atoms with E-state index in [1.807, 2.05) is 61.5 Å². The van der Waals surface area contributed by atoms with Crippen molar-refractivity contribution < 1.29 is 23.5 Å². The molecule has 2 amide bonds. The van der Waals surface area contributed by atoms with E-state index < -0.39 is 17.8 Å². The second kappa shape index (κ2) is 14.0. The van der Waals surface area contributed by atoms with E-state index in [1.54, 1.807) is 37.3 Å². The summed E-state index contributed by atoms with van der Waals surface area (Å²) in [5, 5.41) is 8.92. The van der Waals surface area contributed by atoms with Gasteiger partial charge in [0.15, 0.2) is 5.82 Å². The average Bonchev–Trinajstić information content (AvgIpc) is 3.33. The molecule has 228 valence electrons. The third kappa shape index (κ3) is 6.80. The molecule has 0 bridgehead atoms. The Bertz CT molecular complexity index is 1580. The third-order valence-corrected chi connectivity index (χ3v) is 7.93. The van der Waals surface area contributed by atoms with Crippen LogP contribution in [-0.2, 0) is 4.79 Å². The third-order valence-electron chi connectivity index (χ3n) is 7.93. The molecular formula is C34H36FN5O4. The zero-order valence-corrected chi connectivity index (χ0v) is 25.1. The number of methoxy groups -OCH3 is 2. The molecule has 0 saturated carbocycles. The van der Waals surface area contributed by atoms with Crippen LogP contribution in [0.2, 0.25) is 0 Å². The molecule has 0 unspecified atom stereocenters. The minimum atomic E-state index is -0.613. The van der Waals surface area contributed by atoms with E-state index in [0.717, 1.165) is 17.5 Å². The van der Waals surface area contributed by atoms with Crippen LogP contribution in [0.1, 0.15) is 35.3 Å². The van der Waals surface area contributed by atoms with E-state index in [-0.39, 0.29) is 18.0 Å². The van der Waals surface area contributed by atoms with Gasteiger partial charge in [0.1, 0.15) is 23.9 Å². The number of carbonyl (C=O) groups is 2. The summed E-state index contributed by atoms with van der Waals surface area (Å²) in [6.45, 7) is 3.93. The van der Waals surface area contributed by atoms with Crippen molar-refractivity contribution in [3.63, 3.8) is 0 Å². The first-order valence-corrected chi connectivity index (χ1v) is 14.6. The Morgan fingerprint density at radius 2 is 1.66 bits per heavy atom. The zero-order valence-electron chi connectivity index (χ0n) is 25.1. The molecule has 44 heavy (non-hydrogen) atoms. The van der Waals surface area contributed by atoms with Crippen LogP contribution < -0.4 is 14.4 Å². The number of anilines is 1. The van der Waals surface area contributed by atoms with Crippen molar-refractivity contribution in [1.29, 1.82) is 0 Å². The van der Waals surface area contributed by atoms with Crippen molar-refractivity contribution in [2.45, 2.75) is 19.4 Å². The molecular weight excluding hydrogens is 561 g/mol. The molecule has 0 aliphatic carbocycles. The lowest BCUT2D eigenvalue weighted by Crippen LogP contribution is -2.45. The fraction of sp³-hybridized carbons (Fsp3) is 0.294. The molecule has 4 aromatic rings. The molecule has 1 aromatic heterocycles. The second-order valence-electron chi connectivity index (χ2n) is 10.6. The number of aromatic nitrogens is 2. The van der Waals surface area contributed by atoms with Gasteiger partial charge < -0.3 is 24.2 Å². The van der Waals surface area contributed by atoms with Crippen molar-refractivity contribution >= 4 is 17.6 Å². The monoisotopic (exact) mass is 597 g/mol. The van der Waals surface area contributed by atoms with E-state index >= 15 is 0 Å². The van der Waals surface area contributed by atoms with Crippen LogP contribution in [-0.4, -0.2) is 78.8 Å². The number of ether oxygens (including phenoxy) is 2. The predicted octanol–water partition coefficient (Wildman–Crippen LogP) is 5.24. The van der Waals surface area contributed by atoms with Crippen molar-refractivity contribution in [3.05, 3.63) is 102 Å². The summed E-state index contributed by atoms with van der Waals surface area (Å²) in [6.07, 6.45) is 0.719. The van der Waals surface area contributed by atoms with Gasteiger partial charge in [-0.2, -0.15) is 0 Å². The van der Waals surface area contributed by atoms with Gasteiger partial charge in [0, 0.05) is 37.8 Å². The number of hydrogen-bond donors (Lipinski definition) is 0. The topological polar surface area (TPSA) is 88.1 Å². The van der Waals surface area contributed by atoms with Crippen LogP contribution in [0.5, 0.6) is 11.5 Å². The first-order chi connectivity index (χ1) is 21.4. The van der Waals surface area contributed by atoms with Crippen molar-refractivity contribution in [3.8, 4) is 22.8 Å². The highest BCUT2D eigenvalue weighted by atomic mass is 19.1. The molecule has 0 radical (unpaired) electrons. The fourth-order valence-electron chi connectivity index (χ4n) is 5.37. The van der Waals surface area contributed by atoms with E-state index in [2.05, 4.69) is 15.1 Å².